The molecule has 0 aromatic carbocycles. The van der Waals surface area contributed by atoms with Crippen molar-refractivity contribution in [3.63, 3.8) is 0 Å². The van der Waals surface area contributed by atoms with Crippen LogP contribution in [0.3, 0.4) is 0 Å². The Morgan fingerprint density at radius 3 is 2.68 bits per heavy atom. The van der Waals surface area contributed by atoms with Crippen molar-refractivity contribution in [1.29, 1.82) is 0 Å². The summed E-state index contributed by atoms with van der Waals surface area (Å²) in [6, 6.07) is 0. The number of aliphatic hydroxyl groups excluding tert-OH is 1. The highest BCUT2D eigenvalue weighted by Gasteiger charge is 2.63. The second-order valence-electron chi connectivity index (χ2n) is 9.14. The van der Waals surface area contributed by atoms with Gasteiger partial charge in [0.15, 0.2) is 11.6 Å². The second-order valence-corrected chi connectivity index (χ2v) is 9.14. The van der Waals surface area contributed by atoms with Crippen LogP contribution in [-0.4, -0.2) is 34.3 Å². The zero-order chi connectivity index (χ0) is 18.6. The van der Waals surface area contributed by atoms with Gasteiger partial charge in [-0.1, -0.05) is 13.0 Å². The number of aliphatic hydroxyl groups is 1. The van der Waals surface area contributed by atoms with Crippen LogP contribution in [0.1, 0.15) is 59.8 Å². The molecule has 1 N–H and O–H groups in total. The first kappa shape index (κ1) is 18.3. The van der Waals surface area contributed by atoms with Crippen LogP contribution in [0.4, 0.5) is 0 Å². The minimum atomic E-state index is -1.03. The molecule has 4 rings (SSSR count). The molecule has 0 aliphatic heterocycles. The molecule has 5 nitrogen and oxygen atoms in total. The van der Waals surface area contributed by atoms with Crippen LogP contribution in [0.5, 0.6) is 0 Å². The lowest BCUT2D eigenvalue weighted by atomic mass is 9.44. The molecule has 0 radical (unpaired) electrons. The average Bonchev–Trinajstić information content (AvgIpc) is 2.52. The van der Waals surface area contributed by atoms with Gasteiger partial charge in [-0.25, -0.2) is 0 Å². The predicted molar refractivity (Wildman–Crippen MR) is 91.6 cm³/mol. The number of carbonyl (C=O) groups excluding carboxylic acids is 3. The molecule has 0 amide bonds. The molecule has 5 atom stereocenters. The van der Waals surface area contributed by atoms with Crippen LogP contribution in [0, 0.1) is 22.7 Å². The Hall–Kier alpha value is -1.49. The van der Waals surface area contributed by atoms with E-state index < -0.39 is 22.5 Å². The third kappa shape index (κ3) is 2.86. The lowest BCUT2D eigenvalue weighted by molar-refractivity contribution is -0.173. The van der Waals surface area contributed by atoms with Crippen molar-refractivity contribution in [2.75, 3.05) is 0 Å². The standard InChI is InChI=1S/C20H28O5/c1-18(2,3)25-15(22)7-8-19(4)13-11-12-5-9-20(13,10-6-14(19)21)17(24)16(12)23/h6,10,12-13,17,24H,5,7-9,11H2,1-4H3/t12?,13?,17?,19-,20?/m0/s1. The van der Waals surface area contributed by atoms with Gasteiger partial charge in [0, 0.05) is 23.2 Å². The van der Waals surface area contributed by atoms with E-state index >= 15 is 0 Å². The summed E-state index contributed by atoms with van der Waals surface area (Å²) in [7, 11) is 0. The number of carbonyl (C=O) groups is 3. The summed E-state index contributed by atoms with van der Waals surface area (Å²) in [6.45, 7) is 7.34. The molecule has 4 aliphatic rings. The van der Waals surface area contributed by atoms with Gasteiger partial charge in [-0.05, 0) is 58.4 Å². The van der Waals surface area contributed by atoms with Gasteiger partial charge < -0.3 is 9.84 Å². The van der Waals surface area contributed by atoms with Crippen molar-refractivity contribution in [3.8, 4) is 0 Å². The molecule has 1 spiro atoms. The Labute approximate surface area is 148 Å². The fourth-order valence-electron chi connectivity index (χ4n) is 5.08. The quantitative estimate of drug-likeness (QED) is 0.793. The summed E-state index contributed by atoms with van der Waals surface area (Å²) >= 11 is 0. The maximum atomic E-state index is 12.7. The Balaban J connectivity index is 1.84. The van der Waals surface area contributed by atoms with Gasteiger partial charge in [0.05, 0.1) is 0 Å². The van der Waals surface area contributed by atoms with Crippen molar-refractivity contribution >= 4 is 17.5 Å². The van der Waals surface area contributed by atoms with E-state index in [0.717, 1.165) is 12.8 Å². The molecule has 3 fully saturated rings. The molecule has 4 aliphatic carbocycles. The van der Waals surface area contributed by atoms with E-state index in [1.54, 1.807) is 6.08 Å². The van der Waals surface area contributed by atoms with Gasteiger partial charge in [0.2, 0.25) is 0 Å². The maximum Gasteiger partial charge on any atom is 0.306 e. The van der Waals surface area contributed by atoms with Crippen molar-refractivity contribution in [1.82, 2.24) is 0 Å². The van der Waals surface area contributed by atoms with Crippen LogP contribution >= 0.6 is 0 Å². The molecule has 5 heteroatoms. The topological polar surface area (TPSA) is 80.7 Å². The molecule has 0 heterocycles. The molecule has 25 heavy (non-hydrogen) atoms. The fraction of sp³-hybridized carbons (Fsp3) is 0.750. The third-order valence-electron chi connectivity index (χ3n) is 6.42. The number of hydrogen-bond donors (Lipinski definition) is 1. The number of fused-ring (bicyclic) bond motifs is 2. The van der Waals surface area contributed by atoms with Gasteiger partial charge in [-0.3, -0.25) is 14.4 Å². The van der Waals surface area contributed by atoms with Gasteiger partial charge >= 0.3 is 5.97 Å². The van der Waals surface area contributed by atoms with Crippen LogP contribution < -0.4 is 0 Å². The Morgan fingerprint density at radius 2 is 2.04 bits per heavy atom. The van der Waals surface area contributed by atoms with Gasteiger partial charge in [-0.15, -0.1) is 0 Å². The monoisotopic (exact) mass is 348 g/mol. The smallest absolute Gasteiger partial charge is 0.306 e. The lowest BCUT2D eigenvalue weighted by Gasteiger charge is -2.59. The number of Topliss-reactive ketones (excluding diaryl/α,β-unsaturated/α-hetero) is 1. The number of ketones is 2. The van der Waals surface area contributed by atoms with E-state index in [1.807, 2.05) is 27.7 Å². The summed E-state index contributed by atoms with van der Waals surface area (Å²) in [5.74, 6) is -0.689. The number of rotatable bonds is 3. The average molecular weight is 348 g/mol. The molecule has 4 unspecified atom stereocenters. The van der Waals surface area contributed by atoms with Crippen LogP contribution in [0.2, 0.25) is 0 Å². The molecular weight excluding hydrogens is 320 g/mol. The largest absolute Gasteiger partial charge is 0.460 e. The Morgan fingerprint density at radius 1 is 1.36 bits per heavy atom. The normalized spacial score (nSPS) is 40.1. The van der Waals surface area contributed by atoms with Crippen molar-refractivity contribution in [2.45, 2.75) is 71.5 Å². The molecular formula is C20H28O5. The van der Waals surface area contributed by atoms with Crippen LogP contribution in [-0.2, 0) is 19.1 Å². The van der Waals surface area contributed by atoms with Crippen molar-refractivity contribution in [3.05, 3.63) is 12.2 Å². The van der Waals surface area contributed by atoms with Gasteiger partial charge in [0.25, 0.3) is 0 Å². The first-order chi connectivity index (χ1) is 11.5. The minimum absolute atomic E-state index is 0.0149. The van der Waals surface area contributed by atoms with E-state index in [9.17, 15) is 19.5 Å². The highest BCUT2D eigenvalue weighted by atomic mass is 16.6. The van der Waals surface area contributed by atoms with Gasteiger partial charge in [-0.2, -0.15) is 0 Å². The summed E-state index contributed by atoms with van der Waals surface area (Å²) in [5, 5.41) is 10.6. The van der Waals surface area contributed by atoms with Crippen LogP contribution in [0.15, 0.2) is 12.2 Å². The summed E-state index contributed by atoms with van der Waals surface area (Å²) in [5.41, 5.74) is -1.95. The number of esters is 1. The third-order valence-corrected chi connectivity index (χ3v) is 6.42. The Bertz CT molecular complexity index is 643. The summed E-state index contributed by atoms with van der Waals surface area (Å²) in [4.78, 5) is 37.2. The SMILES string of the molecule is CC(C)(C)OC(=O)CC[C@]1(C)C(=O)C=CC23CCC(CC21)C(=O)C3O. The van der Waals surface area contributed by atoms with E-state index in [-0.39, 0.29) is 35.8 Å². The van der Waals surface area contributed by atoms with E-state index in [4.69, 9.17) is 4.74 Å². The van der Waals surface area contributed by atoms with Crippen molar-refractivity contribution in [2.24, 2.45) is 22.7 Å². The number of allylic oxidation sites excluding steroid dienone is 1. The fourth-order valence-corrected chi connectivity index (χ4v) is 5.08. The highest BCUT2D eigenvalue weighted by molar-refractivity contribution is 5.98. The lowest BCUT2D eigenvalue weighted by Crippen LogP contribution is -2.63. The molecule has 3 saturated carbocycles. The molecule has 138 valence electrons. The van der Waals surface area contributed by atoms with Gasteiger partial charge in [0.1, 0.15) is 11.7 Å². The van der Waals surface area contributed by atoms with Crippen LogP contribution in [0.25, 0.3) is 0 Å². The maximum absolute atomic E-state index is 12.7. The van der Waals surface area contributed by atoms with E-state index in [1.165, 1.54) is 6.08 Å². The van der Waals surface area contributed by atoms with E-state index in [2.05, 4.69) is 0 Å². The first-order valence-electron chi connectivity index (χ1n) is 9.17. The minimum Gasteiger partial charge on any atom is -0.460 e. The van der Waals surface area contributed by atoms with E-state index in [0.29, 0.717) is 12.8 Å². The summed E-state index contributed by atoms with van der Waals surface area (Å²) in [6.07, 6.45) is 4.92. The number of hydrogen-bond acceptors (Lipinski definition) is 5. The number of ether oxygens (including phenoxy) is 1. The molecule has 0 aromatic heterocycles. The zero-order valence-electron chi connectivity index (χ0n) is 15.5. The Kier molecular flexibility index (Phi) is 4.22. The molecule has 0 aromatic rings. The summed E-state index contributed by atoms with van der Waals surface area (Å²) < 4.78 is 5.37. The first-order valence-corrected chi connectivity index (χ1v) is 9.17. The highest BCUT2D eigenvalue weighted by Crippen LogP contribution is 2.62. The van der Waals surface area contributed by atoms with Crippen molar-refractivity contribution < 1.29 is 24.2 Å². The zero-order valence-corrected chi connectivity index (χ0v) is 15.5. The second kappa shape index (κ2) is 5.76. The molecule has 0 saturated heterocycles. The predicted octanol–water partition coefficient (Wildman–Crippen LogP) is 2.60. The molecule has 2 bridgehead atoms.